The number of carbonyl (C=O) groups excluding carboxylic acids is 2. The van der Waals surface area contributed by atoms with Gasteiger partial charge in [0.1, 0.15) is 17.6 Å². The first-order chi connectivity index (χ1) is 24.2. The van der Waals surface area contributed by atoms with E-state index in [-0.39, 0.29) is 36.8 Å². The molecule has 2 amide bonds. The van der Waals surface area contributed by atoms with Crippen LogP contribution in [0.3, 0.4) is 0 Å². The molecule has 0 aliphatic carbocycles. The van der Waals surface area contributed by atoms with Crippen LogP contribution in [-0.4, -0.2) is 83.1 Å². The first-order valence-electron chi connectivity index (χ1n) is 16.1. The Morgan fingerprint density at radius 1 is 0.880 bits per heavy atom. The Balaban J connectivity index is 1.34. The molecule has 0 spiro atoms. The maximum Gasteiger partial charge on any atom is 0.261 e. The minimum absolute atomic E-state index is 0.0120. The summed E-state index contributed by atoms with van der Waals surface area (Å²) in [5.74, 6) is 0.0877. The number of morpholine rings is 1. The van der Waals surface area contributed by atoms with Crippen molar-refractivity contribution in [2.24, 2.45) is 0 Å². The number of halogens is 1. The summed E-state index contributed by atoms with van der Waals surface area (Å²) in [6.07, 6.45) is 0.486. The Hall–Kier alpha value is -4.98. The second-order valence-corrected chi connectivity index (χ2v) is 13.4. The number of nitrogens with zero attached hydrogens (tertiary/aromatic N) is 2. The van der Waals surface area contributed by atoms with E-state index in [1.54, 1.807) is 56.7 Å². The van der Waals surface area contributed by atoms with Crippen molar-refractivity contribution in [1.82, 2.24) is 14.5 Å². The topological polar surface area (TPSA) is 124 Å². The SMILES string of the molecule is COc1ccc(CCNC(=O)[C@H](c2ccccc2)N(Cc2ccc(F)cc2)C(=O)COc2ccc(S(=O)(=O)N3CCOCC3)cc2)cc1OC. The number of amides is 2. The zero-order valence-electron chi connectivity index (χ0n) is 27.9. The van der Waals surface area contributed by atoms with Gasteiger partial charge in [-0.15, -0.1) is 0 Å². The summed E-state index contributed by atoms with van der Waals surface area (Å²) in [4.78, 5) is 29.4. The molecule has 264 valence electrons. The average molecular weight is 706 g/mol. The van der Waals surface area contributed by atoms with Crippen molar-refractivity contribution in [2.45, 2.75) is 23.9 Å². The predicted molar refractivity (Wildman–Crippen MR) is 184 cm³/mol. The molecule has 0 aromatic heterocycles. The number of benzene rings is 4. The molecule has 13 heteroatoms. The number of ether oxygens (including phenoxy) is 4. The summed E-state index contributed by atoms with van der Waals surface area (Å²) in [5, 5.41) is 2.97. The first-order valence-corrected chi connectivity index (χ1v) is 17.5. The molecule has 4 aromatic carbocycles. The van der Waals surface area contributed by atoms with Gasteiger partial charge in [0.15, 0.2) is 18.1 Å². The lowest BCUT2D eigenvalue weighted by molar-refractivity contribution is -0.143. The van der Waals surface area contributed by atoms with Gasteiger partial charge in [-0.25, -0.2) is 12.8 Å². The van der Waals surface area contributed by atoms with Gasteiger partial charge in [0, 0.05) is 26.2 Å². The average Bonchev–Trinajstić information content (AvgIpc) is 3.15. The molecule has 1 N–H and O–H groups in total. The zero-order chi connectivity index (χ0) is 35.5. The number of methoxy groups -OCH3 is 2. The van der Waals surface area contributed by atoms with Crippen molar-refractivity contribution in [3.05, 3.63) is 120 Å². The van der Waals surface area contributed by atoms with E-state index in [4.69, 9.17) is 18.9 Å². The normalized spacial score (nSPS) is 14.0. The molecule has 1 heterocycles. The third-order valence-corrected chi connectivity index (χ3v) is 10.1. The fourth-order valence-corrected chi connectivity index (χ4v) is 6.96. The summed E-state index contributed by atoms with van der Waals surface area (Å²) in [7, 11) is -0.596. The molecule has 1 atom stereocenters. The van der Waals surface area contributed by atoms with Gasteiger partial charge in [-0.05, 0) is 71.6 Å². The van der Waals surface area contributed by atoms with Crippen LogP contribution in [0.2, 0.25) is 0 Å². The Morgan fingerprint density at radius 3 is 2.20 bits per heavy atom. The van der Waals surface area contributed by atoms with E-state index in [9.17, 15) is 22.4 Å². The van der Waals surface area contributed by atoms with Gasteiger partial charge in [-0.3, -0.25) is 9.59 Å². The zero-order valence-corrected chi connectivity index (χ0v) is 28.7. The highest BCUT2D eigenvalue weighted by atomic mass is 32.2. The lowest BCUT2D eigenvalue weighted by atomic mass is 10.0. The maximum absolute atomic E-state index is 14.0. The lowest BCUT2D eigenvalue weighted by Crippen LogP contribution is -2.45. The largest absolute Gasteiger partial charge is 0.493 e. The molecule has 4 aromatic rings. The van der Waals surface area contributed by atoms with Crippen LogP contribution in [0, 0.1) is 5.82 Å². The van der Waals surface area contributed by atoms with Crippen molar-refractivity contribution in [1.29, 1.82) is 0 Å². The maximum atomic E-state index is 14.0. The van der Waals surface area contributed by atoms with Gasteiger partial charge in [0.05, 0.1) is 32.3 Å². The monoisotopic (exact) mass is 705 g/mol. The molecule has 5 rings (SSSR count). The van der Waals surface area contributed by atoms with E-state index in [0.717, 1.165) is 5.56 Å². The number of nitrogens with one attached hydrogen (secondary N) is 1. The lowest BCUT2D eigenvalue weighted by Gasteiger charge is -2.31. The summed E-state index contributed by atoms with van der Waals surface area (Å²) in [6, 6.07) is 24.9. The molecule has 11 nitrogen and oxygen atoms in total. The Kier molecular flexibility index (Phi) is 12.4. The Labute approximate surface area is 291 Å². The number of carbonyl (C=O) groups is 2. The molecular formula is C37H40FN3O8S. The Morgan fingerprint density at radius 2 is 1.54 bits per heavy atom. The summed E-state index contributed by atoms with van der Waals surface area (Å²) < 4.78 is 63.0. The Bertz CT molecular complexity index is 1840. The smallest absolute Gasteiger partial charge is 0.261 e. The molecule has 0 unspecified atom stereocenters. The molecule has 1 fully saturated rings. The van der Waals surface area contributed by atoms with Gasteiger partial charge in [0.2, 0.25) is 15.9 Å². The molecular weight excluding hydrogens is 665 g/mol. The fraction of sp³-hybridized carbons (Fsp3) is 0.297. The standard InChI is InChI=1S/C37H40FN3O8S/c1-46-33-17-10-27(24-34(33)47-2)18-19-39-37(43)36(29-6-4-3-5-7-29)41(25-28-8-11-30(38)12-9-28)35(42)26-49-31-13-15-32(16-14-31)50(44,45)40-20-22-48-23-21-40/h3-17,24,36H,18-23,25-26H2,1-2H3,(H,39,43)/t36-/m0/s1. The molecule has 1 saturated heterocycles. The summed E-state index contributed by atoms with van der Waals surface area (Å²) >= 11 is 0. The second-order valence-electron chi connectivity index (χ2n) is 11.5. The van der Waals surface area contributed by atoms with Crippen molar-refractivity contribution in [3.8, 4) is 17.2 Å². The predicted octanol–water partition coefficient (Wildman–Crippen LogP) is 4.37. The molecule has 50 heavy (non-hydrogen) atoms. The van der Waals surface area contributed by atoms with E-state index in [1.807, 2.05) is 18.2 Å². The van der Waals surface area contributed by atoms with Crippen LogP contribution in [0.5, 0.6) is 17.2 Å². The van der Waals surface area contributed by atoms with Gasteiger partial charge in [-0.2, -0.15) is 4.31 Å². The van der Waals surface area contributed by atoms with Crippen molar-refractivity contribution in [3.63, 3.8) is 0 Å². The number of sulfonamides is 1. The van der Waals surface area contributed by atoms with Crippen LogP contribution in [-0.2, 0) is 37.3 Å². The van der Waals surface area contributed by atoms with Crippen molar-refractivity contribution >= 4 is 21.8 Å². The van der Waals surface area contributed by atoms with Crippen LogP contribution in [0.25, 0.3) is 0 Å². The third kappa shape index (κ3) is 9.17. The molecule has 0 saturated carbocycles. The second kappa shape index (κ2) is 17.1. The molecule has 1 aliphatic rings. The number of hydrogen-bond acceptors (Lipinski definition) is 8. The fourth-order valence-electron chi connectivity index (χ4n) is 5.55. The summed E-state index contributed by atoms with van der Waals surface area (Å²) in [6.45, 7) is 1.01. The third-order valence-electron chi connectivity index (χ3n) is 8.22. The van der Waals surface area contributed by atoms with Crippen molar-refractivity contribution in [2.75, 3.05) is 53.7 Å². The van der Waals surface area contributed by atoms with Gasteiger partial charge in [0.25, 0.3) is 5.91 Å². The van der Waals surface area contributed by atoms with Crippen molar-refractivity contribution < 1.29 is 41.3 Å². The van der Waals surface area contributed by atoms with E-state index in [1.165, 1.54) is 45.6 Å². The van der Waals surface area contributed by atoms with Gasteiger partial charge >= 0.3 is 0 Å². The highest BCUT2D eigenvalue weighted by Gasteiger charge is 2.32. The number of hydrogen-bond donors (Lipinski definition) is 1. The van der Waals surface area contributed by atoms with Gasteiger partial charge in [-0.1, -0.05) is 48.5 Å². The molecule has 0 bridgehead atoms. The molecule has 1 aliphatic heterocycles. The van der Waals surface area contributed by atoms with Crippen LogP contribution in [0.4, 0.5) is 4.39 Å². The highest BCUT2D eigenvalue weighted by molar-refractivity contribution is 7.89. The quantitative estimate of drug-likeness (QED) is 0.194. The number of rotatable bonds is 15. The summed E-state index contributed by atoms with van der Waals surface area (Å²) in [5.41, 5.74) is 2.09. The molecule has 0 radical (unpaired) electrons. The van der Waals surface area contributed by atoms with Crippen LogP contribution in [0.1, 0.15) is 22.7 Å². The van der Waals surface area contributed by atoms with E-state index in [0.29, 0.717) is 42.3 Å². The van der Waals surface area contributed by atoms with E-state index in [2.05, 4.69) is 5.32 Å². The highest BCUT2D eigenvalue weighted by Crippen LogP contribution is 2.28. The van der Waals surface area contributed by atoms with Gasteiger partial charge < -0.3 is 29.2 Å². The van der Waals surface area contributed by atoms with Crippen LogP contribution < -0.4 is 19.5 Å². The van der Waals surface area contributed by atoms with E-state index < -0.39 is 40.3 Å². The minimum Gasteiger partial charge on any atom is -0.493 e. The van der Waals surface area contributed by atoms with Crippen LogP contribution >= 0.6 is 0 Å². The van der Waals surface area contributed by atoms with Crippen LogP contribution in [0.15, 0.2) is 102 Å². The van der Waals surface area contributed by atoms with E-state index >= 15 is 0 Å². The minimum atomic E-state index is -3.71. The first kappa shape index (κ1) is 36.3.